The van der Waals surface area contributed by atoms with Crippen LogP contribution in [0.15, 0.2) is 315 Å². The van der Waals surface area contributed by atoms with Gasteiger partial charge in [-0.2, -0.15) is 0 Å². The Morgan fingerprint density at radius 1 is 0.178 bits per heavy atom. The number of hydrogen-bond acceptors (Lipinski definition) is 0. The minimum atomic E-state index is 1.15. The lowest BCUT2D eigenvalue weighted by Gasteiger charge is -2.18. The van der Waals surface area contributed by atoms with E-state index in [0.29, 0.717) is 0 Å². The van der Waals surface area contributed by atoms with E-state index in [0.717, 1.165) is 5.69 Å². The molecule has 2 nitrogen and oxygen atoms in total. The monoisotopic (exact) mass is 1140 g/mol. The van der Waals surface area contributed by atoms with Crippen LogP contribution >= 0.6 is 0 Å². The van der Waals surface area contributed by atoms with Crippen LogP contribution in [0.2, 0.25) is 0 Å². The molecule has 0 fully saturated rings. The molecule has 0 aliphatic rings. The van der Waals surface area contributed by atoms with Crippen molar-refractivity contribution in [1.29, 1.82) is 0 Å². The lowest BCUT2D eigenvalue weighted by atomic mass is 9.87. The number of rotatable bonds is 5. The zero-order valence-electron chi connectivity index (χ0n) is 48.9. The maximum absolute atomic E-state index is 2.57. The molecule has 414 valence electrons. The van der Waals surface area contributed by atoms with E-state index in [1.807, 2.05) is 0 Å². The van der Waals surface area contributed by atoms with Gasteiger partial charge >= 0.3 is 0 Å². The van der Waals surface area contributed by atoms with Gasteiger partial charge in [0.1, 0.15) is 0 Å². The first kappa shape index (κ1) is 49.3. The van der Waals surface area contributed by atoms with Gasteiger partial charge in [-0.15, -0.1) is 0 Å². The number of para-hydroxylation sites is 2. The average Bonchev–Trinajstić information content (AvgIpc) is 1.42. The Morgan fingerprint density at radius 3 is 1.18 bits per heavy atom. The van der Waals surface area contributed by atoms with Crippen molar-refractivity contribution in [2.75, 3.05) is 0 Å². The van der Waals surface area contributed by atoms with Crippen LogP contribution in [-0.4, -0.2) is 9.13 Å². The third kappa shape index (κ3) is 6.87. The van der Waals surface area contributed by atoms with Crippen LogP contribution in [-0.2, 0) is 0 Å². The molecule has 0 saturated heterocycles. The Kier molecular flexibility index (Phi) is 10.3. The predicted octanol–water partition coefficient (Wildman–Crippen LogP) is 24.4. The Labute approximate surface area is 517 Å². The summed E-state index contributed by atoms with van der Waals surface area (Å²) in [6, 6.07) is 118. The molecule has 18 aromatic carbocycles. The zero-order valence-corrected chi connectivity index (χ0v) is 48.9. The van der Waals surface area contributed by atoms with Crippen molar-refractivity contribution < 1.29 is 0 Å². The molecular weight excluding hydrogens is 1080 g/mol. The van der Waals surface area contributed by atoms with Gasteiger partial charge in [-0.25, -0.2) is 0 Å². The van der Waals surface area contributed by atoms with Crippen LogP contribution < -0.4 is 0 Å². The van der Waals surface area contributed by atoms with Gasteiger partial charge in [-0.05, 0) is 157 Å². The summed E-state index contributed by atoms with van der Waals surface area (Å²) in [6.07, 6.45) is 0. The van der Waals surface area contributed by atoms with E-state index in [1.54, 1.807) is 0 Å². The van der Waals surface area contributed by atoms with Crippen molar-refractivity contribution in [3.63, 3.8) is 0 Å². The summed E-state index contributed by atoms with van der Waals surface area (Å²) in [4.78, 5) is 0. The van der Waals surface area contributed by atoms with Crippen molar-refractivity contribution in [1.82, 2.24) is 9.13 Å². The molecule has 2 heterocycles. The molecule has 20 rings (SSSR count). The summed E-state index contributed by atoms with van der Waals surface area (Å²) in [5, 5.41) is 30.4. The van der Waals surface area contributed by atoms with Crippen LogP contribution in [0, 0.1) is 0 Å². The maximum atomic E-state index is 2.57. The van der Waals surface area contributed by atoms with Crippen molar-refractivity contribution in [3.05, 3.63) is 315 Å². The Bertz CT molecular complexity index is 6500. The minimum absolute atomic E-state index is 1.15. The van der Waals surface area contributed by atoms with Crippen molar-refractivity contribution in [3.8, 4) is 44.8 Å². The van der Waals surface area contributed by atoms with Crippen LogP contribution in [0.5, 0.6) is 0 Å². The molecule has 0 unspecified atom stereocenters. The van der Waals surface area contributed by atoms with Gasteiger partial charge in [-0.3, -0.25) is 0 Å². The van der Waals surface area contributed by atoms with Gasteiger partial charge in [0, 0.05) is 54.2 Å². The Morgan fingerprint density at radius 2 is 0.567 bits per heavy atom. The van der Waals surface area contributed by atoms with Gasteiger partial charge in [-0.1, -0.05) is 273 Å². The molecule has 0 bridgehead atoms. The van der Waals surface area contributed by atoms with E-state index in [1.165, 1.54) is 190 Å². The highest BCUT2D eigenvalue weighted by atomic mass is 15.0. The molecule has 0 spiro atoms. The molecule has 90 heavy (non-hydrogen) atoms. The predicted molar refractivity (Wildman–Crippen MR) is 386 cm³/mol. The summed E-state index contributed by atoms with van der Waals surface area (Å²) in [5.41, 5.74) is 14.4. The van der Waals surface area contributed by atoms with Gasteiger partial charge in [0.25, 0.3) is 0 Å². The zero-order chi connectivity index (χ0) is 58.7. The molecule has 0 saturated carbocycles. The number of nitrogens with zero attached hydrogens (tertiary/aromatic N) is 2. The molecule has 20 aromatic rings. The maximum Gasteiger partial charge on any atom is 0.0626 e. The van der Waals surface area contributed by atoms with E-state index in [9.17, 15) is 0 Å². The summed E-state index contributed by atoms with van der Waals surface area (Å²) in [7, 11) is 0. The lowest BCUT2D eigenvalue weighted by molar-refractivity contribution is 1.19. The molecule has 0 N–H and O–H groups in total. The fraction of sp³-hybridized carbons (Fsp3) is 0. The van der Waals surface area contributed by atoms with E-state index >= 15 is 0 Å². The van der Waals surface area contributed by atoms with E-state index in [2.05, 4.69) is 325 Å². The fourth-order valence-electron chi connectivity index (χ4n) is 16.2. The molecule has 0 radical (unpaired) electrons. The second-order valence-corrected chi connectivity index (χ2v) is 24.5. The quantitative estimate of drug-likeness (QED) is 0.152. The van der Waals surface area contributed by atoms with Crippen LogP contribution in [0.1, 0.15) is 0 Å². The molecule has 0 aliphatic heterocycles. The number of hydrogen-bond donors (Lipinski definition) is 0. The topological polar surface area (TPSA) is 9.86 Å². The third-order valence-electron chi connectivity index (χ3n) is 20.0. The summed E-state index contributed by atoms with van der Waals surface area (Å²) >= 11 is 0. The summed E-state index contributed by atoms with van der Waals surface area (Å²) in [6.45, 7) is 0. The average molecular weight is 1140 g/mol. The van der Waals surface area contributed by atoms with Crippen LogP contribution in [0.25, 0.3) is 196 Å². The molecular formula is C88H52N2. The smallest absolute Gasteiger partial charge is 0.0626 e. The van der Waals surface area contributed by atoms with E-state index < -0.39 is 0 Å². The highest BCUT2D eigenvalue weighted by molar-refractivity contribution is 6.44. The molecule has 0 amide bonds. The standard InChI is InChI=1S/C88H52N2/c1-2-20-53(21-3-1)56-42-43-58-51-60(46-44-57(58)50-56)89-78-36-18-16-34-75(78)85-84-72-47-45-59(52-77(72)65-25-7-10-28-68(65)82(84)70-30-12-14-32-73(70)87(85)89)54-38-40-55(41-39-54)61-48-49-80(66-26-8-4-22-62(61)66)90-79-37-19-17-35-76(79)86-83-69-29-11-6-24-64(69)63-23-5-9-27-67(63)81(83)71-31-13-15-33-74(71)88(86)90/h1-52H. The van der Waals surface area contributed by atoms with Crippen LogP contribution in [0.4, 0.5) is 0 Å². The molecule has 2 heteroatoms. The van der Waals surface area contributed by atoms with E-state index in [4.69, 9.17) is 0 Å². The summed E-state index contributed by atoms with van der Waals surface area (Å²) in [5.74, 6) is 0. The lowest BCUT2D eigenvalue weighted by Crippen LogP contribution is -1.97. The SMILES string of the molecule is c1ccc(-c2ccc3cc(-n4c5ccccc5c5c6c7ccc(-c8ccc(-c9ccc(-n%10c%11ccccc%11c%11c%12c%13ccccc%13c%13ccccc%13c%12c%12ccccc%12c%11%10)c%10ccccc9%10)cc8)cc7c7ccccc7c6c6ccccc6c54)ccc3c2)cc1. The Hall–Kier alpha value is -11.8. The fourth-order valence-corrected chi connectivity index (χ4v) is 16.2. The molecule has 2 aromatic heterocycles. The van der Waals surface area contributed by atoms with Crippen molar-refractivity contribution in [2.45, 2.75) is 0 Å². The number of fused-ring (bicyclic) bond motifs is 28. The largest absolute Gasteiger partial charge is 0.309 e. The van der Waals surface area contributed by atoms with Gasteiger partial charge < -0.3 is 9.13 Å². The highest BCUT2D eigenvalue weighted by Crippen LogP contribution is 2.51. The second-order valence-electron chi connectivity index (χ2n) is 24.5. The first-order valence-corrected chi connectivity index (χ1v) is 31.3. The highest BCUT2D eigenvalue weighted by Gasteiger charge is 2.26. The van der Waals surface area contributed by atoms with Gasteiger partial charge in [0.2, 0.25) is 0 Å². The molecule has 0 aliphatic carbocycles. The minimum Gasteiger partial charge on any atom is -0.309 e. The van der Waals surface area contributed by atoms with Crippen LogP contribution in [0.3, 0.4) is 0 Å². The first-order chi connectivity index (χ1) is 44.7. The number of aromatic nitrogens is 2. The number of benzene rings is 18. The molecule has 0 atom stereocenters. The Balaban J connectivity index is 0.751. The van der Waals surface area contributed by atoms with Crippen molar-refractivity contribution >= 4 is 151 Å². The summed E-state index contributed by atoms with van der Waals surface area (Å²) < 4.78 is 5.09. The van der Waals surface area contributed by atoms with Gasteiger partial charge in [0.05, 0.1) is 27.8 Å². The van der Waals surface area contributed by atoms with E-state index in [-0.39, 0.29) is 0 Å². The van der Waals surface area contributed by atoms with Gasteiger partial charge in [0.15, 0.2) is 0 Å². The van der Waals surface area contributed by atoms with Crippen molar-refractivity contribution in [2.24, 2.45) is 0 Å². The normalized spacial score (nSPS) is 12.2. The third-order valence-corrected chi connectivity index (χ3v) is 20.0. The second kappa shape index (κ2) is 18.8. The first-order valence-electron chi connectivity index (χ1n) is 31.3.